The summed E-state index contributed by atoms with van der Waals surface area (Å²) in [7, 11) is 0. The summed E-state index contributed by atoms with van der Waals surface area (Å²) < 4.78 is 95.7. The van der Waals surface area contributed by atoms with E-state index in [1.165, 1.54) is 0 Å². The van der Waals surface area contributed by atoms with Crippen LogP contribution in [0.15, 0.2) is 0 Å². The van der Waals surface area contributed by atoms with Crippen LogP contribution in [0.25, 0.3) is 0 Å². The van der Waals surface area contributed by atoms with E-state index in [2.05, 4.69) is 138 Å². The predicted molar refractivity (Wildman–Crippen MR) is 258 cm³/mol. The Morgan fingerprint density at radius 1 is 0.188 bits per heavy atom. The van der Waals surface area contributed by atoms with E-state index in [1.54, 1.807) is 0 Å². The van der Waals surface area contributed by atoms with Gasteiger partial charge >= 0.3 is 0 Å². The van der Waals surface area contributed by atoms with E-state index in [1.807, 2.05) is 0 Å². The van der Waals surface area contributed by atoms with Crippen LogP contribution in [0.3, 0.4) is 0 Å². The fourth-order valence-electron chi connectivity index (χ4n) is 13.4. The quantitative estimate of drug-likeness (QED) is 0.229. The van der Waals surface area contributed by atoms with Gasteiger partial charge in [-0.15, -0.1) is 0 Å². The Hall–Kier alpha value is -0.560. The third-order valence-corrected chi connectivity index (χ3v) is 19.5. The van der Waals surface area contributed by atoms with Crippen LogP contribution < -0.4 is 0 Å². The van der Waals surface area contributed by atoms with Gasteiger partial charge in [0.1, 0.15) is 0 Å². The second-order valence-corrected chi connectivity index (χ2v) is 24.3. The van der Waals surface area contributed by atoms with E-state index in [9.17, 15) is 0 Å². The summed E-state index contributed by atoms with van der Waals surface area (Å²) in [5.41, 5.74) is 0. The lowest BCUT2D eigenvalue weighted by molar-refractivity contribution is -0.364. The molecule has 0 saturated carbocycles. The highest BCUT2D eigenvalue weighted by Gasteiger charge is 2.54. The first-order chi connectivity index (χ1) is 32.5. The van der Waals surface area contributed by atoms with Gasteiger partial charge in [-0.05, 0) is 89.9 Å². The summed E-state index contributed by atoms with van der Waals surface area (Å²) in [4.78, 5) is 0. The SMILES string of the molecule is CC1[C@@H]2OC(C)[C@@H](O[C@@H]3C[C@@H](C)[C@H](O[C@@H]4OC(C)[C@@H](O[C@@H]5OC(C)[C@@H](O[C@H]6OC(C)[C@@H](O[C@@H]7OC(C)[C@@H](O[C@@H]8OC(C)[C@@H](O2)[C@H](C)C8C)[C@H](C)C7C)[C@H](C)C6C)[C@H](C)C5C)[C@H](C)C4C)C(C)O3)[C@@H]1C. The lowest BCUT2D eigenvalue weighted by Crippen LogP contribution is -2.59. The van der Waals surface area contributed by atoms with E-state index in [-0.39, 0.29) is 169 Å². The molecule has 0 N–H and O–H groups in total. The Balaban J connectivity index is 1.01. The molecule has 0 spiro atoms. The molecule has 14 heteroatoms. The molecule has 0 radical (unpaired) electrons. The average molecular weight is 981 g/mol. The van der Waals surface area contributed by atoms with Gasteiger partial charge < -0.3 is 66.3 Å². The predicted octanol–water partition coefficient (Wildman–Crippen LogP) is 9.57. The summed E-state index contributed by atoms with van der Waals surface area (Å²) in [5.74, 6) is 1.40. The van der Waals surface area contributed by atoms with E-state index in [4.69, 9.17) is 66.3 Å². The lowest BCUT2D eigenvalue weighted by Gasteiger charge is -2.51. The van der Waals surface area contributed by atoms with Crippen molar-refractivity contribution in [3.05, 3.63) is 0 Å². The summed E-state index contributed by atoms with van der Waals surface area (Å²) >= 11 is 0. The lowest BCUT2D eigenvalue weighted by atomic mass is 9.81. The van der Waals surface area contributed by atoms with Crippen molar-refractivity contribution in [2.24, 2.45) is 76.9 Å². The summed E-state index contributed by atoms with van der Waals surface area (Å²) in [5, 5.41) is 0. The Labute approximate surface area is 416 Å². The minimum atomic E-state index is -0.418. The van der Waals surface area contributed by atoms with Gasteiger partial charge in [-0.1, -0.05) is 90.0 Å². The van der Waals surface area contributed by atoms with Crippen molar-refractivity contribution in [3.8, 4) is 0 Å². The van der Waals surface area contributed by atoms with Gasteiger partial charge in [0.2, 0.25) is 0 Å². The molecule has 21 rings (SSSR count). The first-order valence-electron chi connectivity index (χ1n) is 27.6. The van der Waals surface area contributed by atoms with Crippen LogP contribution in [-0.2, 0) is 66.3 Å². The Bertz CT molecular complexity index is 1650. The van der Waals surface area contributed by atoms with Crippen LogP contribution in [0, 0.1) is 76.9 Å². The van der Waals surface area contributed by atoms with E-state index in [0.29, 0.717) is 6.42 Å². The standard InChI is InChI=1S/C55H96O14/c1-22-21-42-56-35(14)43(22)64-50-30(9)24(3)45(37(16)58-50)66-52-32(11)26(5)47(39(18)60-52)68-54-34(13)28(7)49(41(20)62-54)69-55-33(12)27(6)48(40(19)61-55)67-53-31(10)25(4)46(38(17)59-53)65-51-29(8)23(2)44(63-42)36(15)57-51/h22-55H,21H2,1-20H3/t22-,23-,24-,25-,26-,27-,28-,29?,30?,31?,32?,33?,34?,35?,36?,37?,38?,39?,40?,41?,42-,43+,44+,45+,46+,47+,48+,49+,50+,51-,52+,53+,54-,55+/m1/s1. The fourth-order valence-corrected chi connectivity index (χ4v) is 13.4. The van der Waals surface area contributed by atoms with Gasteiger partial charge in [-0.2, -0.15) is 0 Å². The molecule has 0 aromatic carbocycles. The molecule has 400 valence electrons. The molecule has 0 amide bonds. The van der Waals surface area contributed by atoms with Crippen LogP contribution in [0.2, 0.25) is 0 Å². The van der Waals surface area contributed by atoms with Gasteiger partial charge in [0.05, 0.1) is 85.5 Å². The van der Waals surface area contributed by atoms with Gasteiger partial charge in [0.15, 0.2) is 44.0 Å². The van der Waals surface area contributed by atoms with Crippen molar-refractivity contribution in [1.29, 1.82) is 0 Å². The third kappa shape index (κ3) is 10.8. The maximum atomic E-state index is 6.97. The minimum Gasteiger partial charge on any atom is -0.347 e. The van der Waals surface area contributed by atoms with Gasteiger partial charge in [-0.25, -0.2) is 0 Å². The number of ether oxygens (including phenoxy) is 14. The zero-order valence-corrected chi connectivity index (χ0v) is 46.1. The molecule has 0 aromatic rings. The van der Waals surface area contributed by atoms with Gasteiger partial charge in [0, 0.05) is 41.9 Å². The maximum Gasteiger partial charge on any atom is 0.161 e. The summed E-state index contributed by atoms with van der Waals surface area (Å²) in [6.07, 6.45) is -4.92. The van der Waals surface area contributed by atoms with Crippen molar-refractivity contribution in [2.45, 2.75) is 274 Å². The molecule has 69 heavy (non-hydrogen) atoms. The largest absolute Gasteiger partial charge is 0.347 e. The minimum absolute atomic E-state index is 0.0592. The number of rotatable bonds is 0. The summed E-state index contributed by atoms with van der Waals surface area (Å²) in [6, 6.07) is 0. The van der Waals surface area contributed by atoms with E-state index < -0.39 is 37.7 Å². The molecule has 21 aliphatic rings. The van der Waals surface area contributed by atoms with Crippen LogP contribution in [0.1, 0.15) is 145 Å². The Kier molecular flexibility index (Phi) is 17.4. The fraction of sp³-hybridized carbons (Fsp3) is 1.00. The molecule has 0 aromatic heterocycles. The molecule has 14 bridgehead atoms. The zero-order valence-electron chi connectivity index (χ0n) is 46.1. The molecule has 14 nitrogen and oxygen atoms in total. The highest BCUT2D eigenvalue weighted by Crippen LogP contribution is 2.46. The first-order valence-corrected chi connectivity index (χ1v) is 27.6. The third-order valence-electron chi connectivity index (χ3n) is 19.5. The smallest absolute Gasteiger partial charge is 0.161 e. The number of hydrogen-bond donors (Lipinski definition) is 0. The van der Waals surface area contributed by atoms with Crippen molar-refractivity contribution < 1.29 is 66.3 Å². The van der Waals surface area contributed by atoms with Crippen molar-refractivity contribution in [1.82, 2.24) is 0 Å². The molecule has 13 unspecified atom stereocenters. The molecular formula is C55H96O14. The monoisotopic (exact) mass is 981 g/mol. The van der Waals surface area contributed by atoms with Crippen LogP contribution in [0.4, 0.5) is 0 Å². The molecule has 21 heterocycles. The Morgan fingerprint density at radius 3 is 0.594 bits per heavy atom. The molecule has 21 fully saturated rings. The average Bonchev–Trinajstić information content (AvgIpc) is 3.29. The molecule has 0 aliphatic carbocycles. The summed E-state index contributed by atoms with van der Waals surface area (Å²) in [6.45, 7) is 43.7. The molecular weight excluding hydrogens is 885 g/mol. The highest BCUT2D eigenvalue weighted by atomic mass is 16.8. The van der Waals surface area contributed by atoms with Crippen LogP contribution in [-0.4, -0.2) is 129 Å². The first kappa shape index (κ1) is 54.7. The molecule has 21 saturated heterocycles. The molecule has 34 atom stereocenters. The van der Waals surface area contributed by atoms with Crippen molar-refractivity contribution >= 4 is 0 Å². The highest BCUT2D eigenvalue weighted by molar-refractivity contribution is 4.95. The van der Waals surface area contributed by atoms with Crippen molar-refractivity contribution in [2.75, 3.05) is 0 Å². The number of hydrogen-bond acceptors (Lipinski definition) is 14. The second-order valence-electron chi connectivity index (χ2n) is 24.3. The van der Waals surface area contributed by atoms with Crippen LogP contribution >= 0.6 is 0 Å². The van der Waals surface area contributed by atoms with Gasteiger partial charge in [0.25, 0.3) is 0 Å². The van der Waals surface area contributed by atoms with Crippen molar-refractivity contribution in [3.63, 3.8) is 0 Å². The topological polar surface area (TPSA) is 129 Å². The zero-order chi connectivity index (χ0) is 50.2. The van der Waals surface area contributed by atoms with Crippen LogP contribution in [0.5, 0.6) is 0 Å². The Morgan fingerprint density at radius 2 is 0.377 bits per heavy atom. The second kappa shape index (κ2) is 22.0. The maximum absolute atomic E-state index is 6.97. The van der Waals surface area contributed by atoms with E-state index >= 15 is 0 Å². The van der Waals surface area contributed by atoms with Gasteiger partial charge in [-0.3, -0.25) is 0 Å². The normalized spacial score (nSPS) is 59.3. The molecule has 21 aliphatic heterocycles. The van der Waals surface area contributed by atoms with E-state index in [0.717, 1.165) is 0 Å².